The Kier molecular flexibility index (Phi) is 4.50. The minimum Gasteiger partial charge on any atom is -0.314 e. The summed E-state index contributed by atoms with van der Waals surface area (Å²) < 4.78 is 39.8. The topological polar surface area (TPSA) is 15.3 Å². The zero-order valence-electron chi connectivity index (χ0n) is 12.0. The molecule has 0 radical (unpaired) electrons. The molecule has 5 heteroatoms. The summed E-state index contributed by atoms with van der Waals surface area (Å²) in [6.07, 6.45) is 4.68. The first-order chi connectivity index (χ1) is 10.1. The second-order valence-corrected chi connectivity index (χ2v) is 6.17. The van der Waals surface area contributed by atoms with Crippen LogP contribution < -0.4 is 5.32 Å². The summed E-state index contributed by atoms with van der Waals surface area (Å²) in [7, 11) is 0. The monoisotopic (exact) mass is 298 g/mol. The second kappa shape index (κ2) is 6.36. The van der Waals surface area contributed by atoms with Gasteiger partial charge in [0.1, 0.15) is 5.82 Å². The maximum Gasteiger partial charge on any atom is 0.161 e. The number of halogens is 3. The van der Waals surface area contributed by atoms with E-state index in [-0.39, 0.29) is 5.56 Å². The molecule has 2 nitrogen and oxygen atoms in total. The second-order valence-electron chi connectivity index (χ2n) is 6.17. The first-order valence-electron chi connectivity index (χ1n) is 7.72. The highest BCUT2D eigenvalue weighted by Crippen LogP contribution is 2.27. The number of hydrogen-bond donors (Lipinski definition) is 1. The number of nitrogens with zero attached hydrogens (tertiary/aromatic N) is 1. The summed E-state index contributed by atoms with van der Waals surface area (Å²) in [6, 6.07) is 2.25. The van der Waals surface area contributed by atoms with Crippen LogP contribution in [0.2, 0.25) is 0 Å². The molecular weight excluding hydrogens is 277 g/mol. The van der Waals surface area contributed by atoms with Crippen molar-refractivity contribution in [3.8, 4) is 0 Å². The molecule has 2 aliphatic rings. The highest BCUT2D eigenvalue weighted by atomic mass is 19.2. The molecule has 0 spiro atoms. The lowest BCUT2D eigenvalue weighted by Gasteiger charge is -2.35. The van der Waals surface area contributed by atoms with Crippen molar-refractivity contribution in [2.24, 2.45) is 5.92 Å². The molecule has 0 amide bonds. The fraction of sp³-hybridized carbons (Fsp3) is 0.625. The maximum atomic E-state index is 13.7. The number of hydrogen-bond acceptors (Lipinski definition) is 2. The quantitative estimate of drug-likeness (QED) is 0.863. The average molecular weight is 298 g/mol. The van der Waals surface area contributed by atoms with Crippen molar-refractivity contribution in [2.45, 2.75) is 38.3 Å². The van der Waals surface area contributed by atoms with Crippen LogP contribution in [-0.2, 0) is 6.54 Å². The third-order valence-corrected chi connectivity index (χ3v) is 4.78. The Balaban J connectivity index is 1.56. The summed E-state index contributed by atoms with van der Waals surface area (Å²) in [5.41, 5.74) is 0.242. The van der Waals surface area contributed by atoms with Gasteiger partial charge < -0.3 is 5.32 Å². The molecule has 116 valence electrons. The molecule has 0 bridgehead atoms. The van der Waals surface area contributed by atoms with E-state index in [0.29, 0.717) is 24.6 Å². The van der Waals surface area contributed by atoms with Crippen molar-refractivity contribution >= 4 is 0 Å². The van der Waals surface area contributed by atoms with Gasteiger partial charge in [0, 0.05) is 24.2 Å². The van der Waals surface area contributed by atoms with Crippen molar-refractivity contribution in [1.82, 2.24) is 10.2 Å². The van der Waals surface area contributed by atoms with Gasteiger partial charge in [0.15, 0.2) is 11.6 Å². The van der Waals surface area contributed by atoms with Crippen molar-refractivity contribution in [3.63, 3.8) is 0 Å². The van der Waals surface area contributed by atoms with E-state index in [1.807, 2.05) is 0 Å². The number of likely N-dealkylation sites (tertiary alicyclic amines) is 1. The van der Waals surface area contributed by atoms with Crippen LogP contribution in [0.15, 0.2) is 12.1 Å². The zero-order chi connectivity index (χ0) is 14.8. The third kappa shape index (κ3) is 3.40. The fourth-order valence-electron chi connectivity index (χ4n) is 3.55. The Morgan fingerprint density at radius 2 is 1.71 bits per heavy atom. The van der Waals surface area contributed by atoms with Crippen LogP contribution in [0, 0.1) is 23.4 Å². The zero-order valence-corrected chi connectivity index (χ0v) is 12.0. The van der Waals surface area contributed by atoms with E-state index in [4.69, 9.17) is 0 Å². The Morgan fingerprint density at radius 1 is 1.00 bits per heavy atom. The average Bonchev–Trinajstić information content (AvgIpc) is 3.00. The Bertz CT molecular complexity index is 493. The third-order valence-electron chi connectivity index (χ3n) is 4.78. The van der Waals surface area contributed by atoms with Crippen LogP contribution in [0.25, 0.3) is 0 Å². The smallest absolute Gasteiger partial charge is 0.161 e. The highest BCUT2D eigenvalue weighted by Gasteiger charge is 2.28. The molecule has 2 saturated heterocycles. The highest BCUT2D eigenvalue weighted by molar-refractivity contribution is 5.20. The summed E-state index contributed by atoms with van der Waals surface area (Å²) in [5, 5.41) is 3.54. The SMILES string of the molecule is Fc1cc(F)c(CN2CCC(C3CCCN3)CC2)cc1F. The predicted molar refractivity (Wildman–Crippen MR) is 75.3 cm³/mol. The minimum atomic E-state index is -1.12. The van der Waals surface area contributed by atoms with Crippen LogP contribution in [0.5, 0.6) is 0 Å². The molecule has 3 rings (SSSR count). The van der Waals surface area contributed by atoms with Gasteiger partial charge in [-0.25, -0.2) is 13.2 Å². The molecule has 0 aliphatic carbocycles. The van der Waals surface area contributed by atoms with E-state index < -0.39 is 17.5 Å². The van der Waals surface area contributed by atoms with E-state index in [2.05, 4.69) is 10.2 Å². The van der Waals surface area contributed by atoms with Crippen molar-refractivity contribution in [1.29, 1.82) is 0 Å². The summed E-state index contributed by atoms with van der Waals surface area (Å²) in [5.74, 6) is -2.06. The largest absolute Gasteiger partial charge is 0.314 e. The summed E-state index contributed by atoms with van der Waals surface area (Å²) >= 11 is 0. The number of benzene rings is 1. The molecular formula is C16H21F3N2. The van der Waals surface area contributed by atoms with Gasteiger partial charge in [0.05, 0.1) is 0 Å². The molecule has 1 aromatic carbocycles. The molecule has 0 saturated carbocycles. The lowest BCUT2D eigenvalue weighted by Crippen LogP contribution is -2.40. The molecule has 2 aliphatic heterocycles. The van der Waals surface area contributed by atoms with E-state index >= 15 is 0 Å². The number of nitrogens with one attached hydrogen (secondary N) is 1. The van der Waals surface area contributed by atoms with Crippen molar-refractivity contribution in [3.05, 3.63) is 35.1 Å². The molecule has 0 aromatic heterocycles. The molecule has 21 heavy (non-hydrogen) atoms. The Hall–Kier alpha value is -1.07. The van der Waals surface area contributed by atoms with Gasteiger partial charge in [-0.3, -0.25) is 4.90 Å². The maximum absolute atomic E-state index is 13.7. The predicted octanol–water partition coefficient (Wildman–Crippen LogP) is 3.07. The van der Waals surface area contributed by atoms with Crippen LogP contribution in [0.3, 0.4) is 0 Å². The minimum absolute atomic E-state index is 0.242. The number of piperidine rings is 1. The lowest BCUT2D eigenvalue weighted by atomic mass is 9.88. The molecule has 1 aromatic rings. The first kappa shape index (κ1) is 14.9. The standard InChI is InChI=1S/C16H21F3N2/c17-13-9-15(19)14(18)8-12(13)10-21-6-3-11(4-7-21)16-2-1-5-20-16/h8-9,11,16,20H,1-7,10H2. The Labute approximate surface area is 123 Å². The van der Waals surface area contributed by atoms with Gasteiger partial charge >= 0.3 is 0 Å². The summed E-state index contributed by atoms with van der Waals surface area (Å²) in [4.78, 5) is 2.13. The molecule has 2 fully saturated rings. The lowest BCUT2D eigenvalue weighted by molar-refractivity contribution is 0.156. The fourth-order valence-corrected chi connectivity index (χ4v) is 3.55. The van der Waals surface area contributed by atoms with Gasteiger partial charge in [-0.05, 0) is 57.3 Å². The van der Waals surface area contributed by atoms with E-state index in [1.54, 1.807) is 0 Å². The summed E-state index contributed by atoms with van der Waals surface area (Å²) in [6.45, 7) is 3.25. The van der Waals surface area contributed by atoms with Crippen LogP contribution in [0.1, 0.15) is 31.2 Å². The van der Waals surface area contributed by atoms with Crippen molar-refractivity contribution in [2.75, 3.05) is 19.6 Å². The van der Waals surface area contributed by atoms with Crippen LogP contribution in [-0.4, -0.2) is 30.6 Å². The normalized spacial score (nSPS) is 24.6. The molecule has 2 heterocycles. The van der Waals surface area contributed by atoms with Crippen LogP contribution >= 0.6 is 0 Å². The molecule has 1 N–H and O–H groups in total. The van der Waals surface area contributed by atoms with E-state index in [1.165, 1.54) is 12.8 Å². The first-order valence-corrected chi connectivity index (χ1v) is 7.72. The van der Waals surface area contributed by atoms with Crippen molar-refractivity contribution < 1.29 is 13.2 Å². The molecule has 1 unspecified atom stereocenters. The van der Waals surface area contributed by atoms with Gasteiger partial charge in [-0.2, -0.15) is 0 Å². The van der Waals surface area contributed by atoms with Gasteiger partial charge in [0.25, 0.3) is 0 Å². The van der Waals surface area contributed by atoms with Crippen LogP contribution in [0.4, 0.5) is 13.2 Å². The van der Waals surface area contributed by atoms with E-state index in [9.17, 15) is 13.2 Å². The Morgan fingerprint density at radius 3 is 2.38 bits per heavy atom. The van der Waals surface area contributed by atoms with Gasteiger partial charge in [-0.15, -0.1) is 0 Å². The van der Waals surface area contributed by atoms with Gasteiger partial charge in [-0.1, -0.05) is 0 Å². The van der Waals surface area contributed by atoms with Gasteiger partial charge in [0.2, 0.25) is 0 Å². The molecule has 1 atom stereocenters. The number of rotatable bonds is 3. The van der Waals surface area contributed by atoms with E-state index in [0.717, 1.165) is 38.5 Å².